The van der Waals surface area contributed by atoms with Gasteiger partial charge in [-0.25, -0.2) is 0 Å². The van der Waals surface area contributed by atoms with Crippen LogP contribution in [0.3, 0.4) is 0 Å². The molecule has 0 saturated heterocycles. The predicted octanol–water partition coefficient (Wildman–Crippen LogP) is 5.14. The van der Waals surface area contributed by atoms with E-state index in [1.807, 2.05) is 12.1 Å². The molecule has 2 heteroatoms. The second-order valence-electron chi connectivity index (χ2n) is 5.67. The van der Waals surface area contributed by atoms with Crippen LogP contribution in [0, 0.1) is 5.92 Å². The van der Waals surface area contributed by atoms with Crippen LogP contribution in [0.15, 0.2) is 54.6 Å². The molecule has 0 bridgehead atoms. The van der Waals surface area contributed by atoms with Gasteiger partial charge in [0.15, 0.2) is 0 Å². The first-order valence-corrected chi connectivity index (χ1v) is 7.68. The van der Waals surface area contributed by atoms with Gasteiger partial charge < -0.3 is 5.32 Å². The molecule has 0 aromatic heterocycles. The summed E-state index contributed by atoms with van der Waals surface area (Å²) in [4.78, 5) is 0. The van der Waals surface area contributed by atoms with Gasteiger partial charge in [0.25, 0.3) is 0 Å². The maximum Gasteiger partial charge on any atom is 0.0406 e. The van der Waals surface area contributed by atoms with Gasteiger partial charge in [-0.3, -0.25) is 0 Å². The summed E-state index contributed by atoms with van der Waals surface area (Å²) in [7, 11) is 0. The Kier molecular flexibility index (Phi) is 4.09. The summed E-state index contributed by atoms with van der Waals surface area (Å²) in [6.45, 7) is 2.22. The van der Waals surface area contributed by atoms with E-state index in [1.54, 1.807) is 0 Å². The lowest BCUT2D eigenvalue weighted by Crippen LogP contribution is -2.26. The molecule has 1 saturated carbocycles. The van der Waals surface area contributed by atoms with E-state index >= 15 is 0 Å². The Morgan fingerprint density at radius 1 is 0.950 bits per heavy atom. The zero-order valence-corrected chi connectivity index (χ0v) is 12.5. The summed E-state index contributed by atoms with van der Waals surface area (Å²) in [6.07, 6.45) is 2.67. The average Bonchev–Trinajstić information content (AvgIpc) is 3.31. The minimum absolute atomic E-state index is 0.332. The van der Waals surface area contributed by atoms with Gasteiger partial charge in [-0.2, -0.15) is 0 Å². The molecule has 1 fully saturated rings. The van der Waals surface area contributed by atoms with Crippen LogP contribution in [0.2, 0.25) is 5.02 Å². The van der Waals surface area contributed by atoms with Crippen molar-refractivity contribution in [3.05, 3.63) is 70.7 Å². The lowest BCUT2D eigenvalue weighted by molar-refractivity contribution is 0.427. The van der Waals surface area contributed by atoms with E-state index in [9.17, 15) is 0 Å². The Morgan fingerprint density at radius 2 is 1.60 bits per heavy atom. The maximum atomic E-state index is 5.96. The Balaban J connectivity index is 1.75. The van der Waals surface area contributed by atoms with Gasteiger partial charge in [0, 0.05) is 17.1 Å². The molecule has 0 spiro atoms. The highest BCUT2D eigenvalue weighted by Crippen LogP contribution is 2.42. The lowest BCUT2D eigenvalue weighted by Gasteiger charge is -2.24. The molecule has 2 atom stereocenters. The van der Waals surface area contributed by atoms with Gasteiger partial charge in [0.05, 0.1) is 0 Å². The van der Waals surface area contributed by atoms with Crippen molar-refractivity contribution in [2.45, 2.75) is 31.8 Å². The van der Waals surface area contributed by atoms with Crippen molar-refractivity contribution >= 4 is 11.6 Å². The molecule has 20 heavy (non-hydrogen) atoms. The molecule has 0 aliphatic heterocycles. The second-order valence-corrected chi connectivity index (χ2v) is 6.10. The number of hydrogen-bond acceptors (Lipinski definition) is 1. The maximum absolute atomic E-state index is 5.96. The number of benzene rings is 2. The molecule has 2 aromatic carbocycles. The fourth-order valence-electron chi connectivity index (χ4n) is 2.71. The van der Waals surface area contributed by atoms with Crippen LogP contribution < -0.4 is 5.32 Å². The number of rotatable bonds is 5. The minimum atomic E-state index is 0.332. The van der Waals surface area contributed by atoms with Crippen molar-refractivity contribution in [1.82, 2.24) is 5.32 Å². The predicted molar refractivity (Wildman–Crippen MR) is 84.9 cm³/mol. The smallest absolute Gasteiger partial charge is 0.0406 e. The van der Waals surface area contributed by atoms with E-state index in [0.29, 0.717) is 12.1 Å². The van der Waals surface area contributed by atoms with E-state index in [4.69, 9.17) is 11.6 Å². The third-order valence-electron chi connectivity index (χ3n) is 4.05. The molecule has 1 aliphatic carbocycles. The fraction of sp³-hybridized carbons (Fsp3) is 0.333. The van der Waals surface area contributed by atoms with Gasteiger partial charge in [-0.05, 0) is 48.9 Å². The van der Waals surface area contributed by atoms with Crippen LogP contribution in [0.25, 0.3) is 0 Å². The zero-order chi connectivity index (χ0) is 13.9. The summed E-state index contributed by atoms with van der Waals surface area (Å²) in [5.74, 6) is 0.784. The molecule has 2 aromatic rings. The van der Waals surface area contributed by atoms with Gasteiger partial charge in [0.1, 0.15) is 0 Å². The molecule has 3 rings (SSSR count). The van der Waals surface area contributed by atoms with Crippen LogP contribution in [0.1, 0.15) is 43.0 Å². The van der Waals surface area contributed by atoms with Crippen molar-refractivity contribution in [3.63, 3.8) is 0 Å². The summed E-state index contributed by atoms with van der Waals surface area (Å²) < 4.78 is 0. The fourth-order valence-corrected chi connectivity index (χ4v) is 2.84. The Hall–Kier alpha value is -1.31. The van der Waals surface area contributed by atoms with Gasteiger partial charge in [-0.15, -0.1) is 0 Å². The van der Waals surface area contributed by atoms with Crippen LogP contribution >= 0.6 is 11.6 Å². The first kappa shape index (κ1) is 13.7. The molecule has 1 aliphatic rings. The minimum Gasteiger partial charge on any atom is -0.303 e. The summed E-state index contributed by atoms with van der Waals surface area (Å²) in [6, 6.07) is 19.7. The topological polar surface area (TPSA) is 12.0 Å². The molecule has 1 N–H and O–H groups in total. The Bertz CT molecular complexity index is 545. The first-order chi connectivity index (χ1) is 9.74. The zero-order valence-electron chi connectivity index (χ0n) is 11.7. The van der Waals surface area contributed by atoms with Crippen molar-refractivity contribution < 1.29 is 0 Å². The summed E-state index contributed by atoms with van der Waals surface area (Å²) >= 11 is 5.96. The van der Waals surface area contributed by atoms with Crippen LogP contribution in [-0.4, -0.2) is 0 Å². The normalized spacial score (nSPS) is 17.7. The highest BCUT2D eigenvalue weighted by atomic mass is 35.5. The molecular formula is C18H20ClN. The van der Waals surface area contributed by atoms with E-state index in [0.717, 1.165) is 10.9 Å². The van der Waals surface area contributed by atoms with Crippen molar-refractivity contribution in [1.29, 1.82) is 0 Å². The second kappa shape index (κ2) is 5.99. The molecule has 0 amide bonds. The highest BCUT2D eigenvalue weighted by molar-refractivity contribution is 6.30. The summed E-state index contributed by atoms with van der Waals surface area (Å²) in [5, 5.41) is 4.58. The third-order valence-corrected chi connectivity index (χ3v) is 4.30. The lowest BCUT2D eigenvalue weighted by atomic mass is 9.99. The highest BCUT2D eigenvalue weighted by Gasteiger charge is 2.32. The van der Waals surface area contributed by atoms with Gasteiger partial charge in [-0.1, -0.05) is 54.1 Å². The van der Waals surface area contributed by atoms with Gasteiger partial charge in [0.2, 0.25) is 0 Å². The van der Waals surface area contributed by atoms with E-state index in [1.165, 1.54) is 24.0 Å². The monoisotopic (exact) mass is 285 g/mol. The molecular weight excluding hydrogens is 266 g/mol. The SMILES string of the molecule is CC(NC(c1ccccc1)C1CC1)c1ccc(Cl)cc1. The summed E-state index contributed by atoms with van der Waals surface area (Å²) in [5.41, 5.74) is 2.69. The quantitative estimate of drug-likeness (QED) is 0.802. The van der Waals surface area contributed by atoms with E-state index in [2.05, 4.69) is 54.7 Å². The number of nitrogens with one attached hydrogen (secondary N) is 1. The Morgan fingerprint density at radius 3 is 2.20 bits per heavy atom. The third kappa shape index (κ3) is 3.23. The van der Waals surface area contributed by atoms with Gasteiger partial charge >= 0.3 is 0 Å². The number of hydrogen-bond donors (Lipinski definition) is 1. The molecule has 104 valence electrons. The first-order valence-electron chi connectivity index (χ1n) is 7.30. The number of halogens is 1. The largest absolute Gasteiger partial charge is 0.303 e. The molecule has 0 radical (unpaired) electrons. The molecule has 1 nitrogen and oxygen atoms in total. The average molecular weight is 286 g/mol. The van der Waals surface area contributed by atoms with Crippen molar-refractivity contribution in [2.24, 2.45) is 5.92 Å². The van der Waals surface area contributed by atoms with Crippen molar-refractivity contribution in [3.8, 4) is 0 Å². The standard InChI is InChI=1S/C18H20ClN/c1-13(14-9-11-17(19)12-10-14)20-18(16-7-8-16)15-5-3-2-4-6-15/h2-6,9-13,16,18,20H,7-8H2,1H3. The van der Waals surface area contributed by atoms with E-state index in [-0.39, 0.29) is 0 Å². The van der Waals surface area contributed by atoms with Crippen molar-refractivity contribution in [2.75, 3.05) is 0 Å². The molecule has 2 unspecified atom stereocenters. The van der Waals surface area contributed by atoms with Crippen LogP contribution in [0.5, 0.6) is 0 Å². The molecule has 0 heterocycles. The Labute approximate surface area is 126 Å². The van der Waals surface area contributed by atoms with Crippen LogP contribution in [0.4, 0.5) is 0 Å². The van der Waals surface area contributed by atoms with E-state index < -0.39 is 0 Å². The van der Waals surface area contributed by atoms with Crippen LogP contribution in [-0.2, 0) is 0 Å².